The first-order valence-corrected chi connectivity index (χ1v) is 9.74. The molecule has 4 unspecified atom stereocenters. The summed E-state index contributed by atoms with van der Waals surface area (Å²) in [6, 6.07) is 0. The van der Waals surface area contributed by atoms with Gasteiger partial charge in [-0.2, -0.15) is 0 Å². The molecule has 2 N–H and O–H groups in total. The second-order valence-corrected chi connectivity index (χ2v) is 8.04. The van der Waals surface area contributed by atoms with E-state index in [0.717, 1.165) is 0 Å². The van der Waals surface area contributed by atoms with Gasteiger partial charge < -0.3 is 14.6 Å². The summed E-state index contributed by atoms with van der Waals surface area (Å²) in [5, 5.41) is 17.7. The lowest BCUT2D eigenvalue weighted by atomic mass is 9.94. The third kappa shape index (κ3) is 8.02. The normalized spacial score (nSPS) is 17.6. The zero-order valence-corrected chi connectivity index (χ0v) is 15.1. The maximum Gasteiger partial charge on any atom is 0.308 e. The molecule has 0 spiro atoms. The van der Waals surface area contributed by atoms with Crippen LogP contribution in [-0.2, 0) is 43.4 Å². The molecule has 0 aliphatic heterocycles. The average molecular weight is 372 g/mol. The summed E-state index contributed by atoms with van der Waals surface area (Å²) in [7, 11) is -3.67. The van der Waals surface area contributed by atoms with Crippen LogP contribution in [0.3, 0.4) is 0 Å². The second-order valence-electron chi connectivity index (χ2n) is 4.97. The van der Waals surface area contributed by atoms with Gasteiger partial charge in [-0.15, -0.1) is 4.33 Å². The lowest BCUT2D eigenvalue weighted by Gasteiger charge is -2.18. The molecule has 0 aliphatic carbocycles. The summed E-state index contributed by atoms with van der Waals surface area (Å²) >= 11 is 4.34. The first-order chi connectivity index (χ1) is 10.7. The monoisotopic (exact) mass is 372 g/mol. The Kier molecular flexibility index (Phi) is 10.5. The third-order valence-corrected chi connectivity index (χ3v) is 5.16. The molecule has 0 aromatic heterocycles. The molecule has 4 atom stereocenters. The number of hydrogen-bond acceptors (Lipinski definition) is 9. The highest BCUT2D eigenvalue weighted by molar-refractivity contribution is 8.30. The summed E-state index contributed by atoms with van der Waals surface area (Å²) in [6.45, 7) is 5.20. The van der Waals surface area contributed by atoms with E-state index < -0.39 is 32.0 Å². The molecule has 136 valence electrons. The van der Waals surface area contributed by atoms with Crippen molar-refractivity contribution in [2.75, 3.05) is 13.2 Å². The number of carbonyl (C=O) groups excluding carboxylic acids is 2. The number of aliphatic hydroxyl groups excluding tert-OH is 1. The first kappa shape index (κ1) is 22.2. The van der Waals surface area contributed by atoms with E-state index in [1.165, 1.54) is 0 Å². The minimum atomic E-state index is -3.67. The van der Waals surface area contributed by atoms with E-state index in [9.17, 15) is 18.9 Å². The highest BCUT2D eigenvalue weighted by atomic mass is 32.8. The lowest BCUT2D eigenvalue weighted by Crippen LogP contribution is -2.27. The van der Waals surface area contributed by atoms with Crippen molar-refractivity contribution in [2.24, 2.45) is 11.8 Å². The van der Waals surface area contributed by atoms with Crippen LogP contribution in [0.15, 0.2) is 0 Å². The Labute approximate surface area is 140 Å². The molecule has 0 saturated heterocycles. The molecule has 10 heteroatoms. The van der Waals surface area contributed by atoms with E-state index in [1.54, 1.807) is 20.8 Å². The maximum atomic E-state index is 12.0. The Hall–Kier alpha value is -0.810. The Morgan fingerprint density at radius 2 is 1.83 bits per heavy atom. The highest BCUT2D eigenvalue weighted by Gasteiger charge is 2.26. The number of hydrogen-bond donors (Lipinski definition) is 2. The Balaban J connectivity index is 4.38. The minimum absolute atomic E-state index is 0.235. The number of rotatable bonds is 11. The average Bonchev–Trinajstić information content (AvgIpc) is 2.51. The zero-order chi connectivity index (χ0) is 18.0. The fraction of sp³-hybridized carbons (Fsp3) is 0.846. The topological polar surface area (TPSA) is 119 Å². The van der Waals surface area contributed by atoms with Gasteiger partial charge in [0.05, 0.1) is 25.0 Å². The second kappa shape index (κ2) is 10.9. The summed E-state index contributed by atoms with van der Waals surface area (Å²) in [4.78, 5) is 23.5. The number of ether oxygens (including phenoxy) is 2. The molecular formula is C13H24O8S2. The molecule has 0 aliphatic rings. The largest absolute Gasteiger partial charge is 0.466 e. The van der Waals surface area contributed by atoms with E-state index in [2.05, 4.69) is 15.5 Å². The molecule has 0 heterocycles. The lowest BCUT2D eigenvalue weighted by molar-refractivity contribution is -0.152. The van der Waals surface area contributed by atoms with Crippen LogP contribution >= 0.6 is 0 Å². The van der Waals surface area contributed by atoms with Crippen LogP contribution in [-0.4, -0.2) is 45.2 Å². The predicted molar refractivity (Wildman–Crippen MR) is 85.0 cm³/mol. The van der Waals surface area contributed by atoms with E-state index in [4.69, 9.17) is 14.7 Å². The Bertz CT molecular complexity index is 476. The molecule has 0 aromatic carbocycles. The third-order valence-electron chi connectivity index (χ3n) is 3.20. The van der Waals surface area contributed by atoms with Gasteiger partial charge in [0.25, 0.3) is 0 Å². The molecular weight excluding hydrogens is 348 g/mol. The van der Waals surface area contributed by atoms with Gasteiger partial charge in [0.15, 0.2) is 14.2 Å². The fourth-order valence-corrected chi connectivity index (χ4v) is 2.58. The fourth-order valence-electron chi connectivity index (χ4n) is 1.81. The Morgan fingerprint density at radius 3 is 2.30 bits per heavy atom. The molecule has 0 amide bonds. The summed E-state index contributed by atoms with van der Waals surface area (Å²) in [5.41, 5.74) is -1.63. The van der Waals surface area contributed by atoms with Crippen LogP contribution < -0.4 is 0 Å². The van der Waals surface area contributed by atoms with Gasteiger partial charge in [0.1, 0.15) is 0 Å². The predicted octanol–water partition coefficient (Wildman–Crippen LogP) is 1.00. The van der Waals surface area contributed by atoms with Crippen LogP contribution in [0.4, 0.5) is 0 Å². The van der Waals surface area contributed by atoms with Gasteiger partial charge in [0.2, 0.25) is 0 Å². The van der Waals surface area contributed by atoms with E-state index in [1.807, 2.05) is 0 Å². The number of carbonyl (C=O) groups is 2. The van der Waals surface area contributed by atoms with Crippen LogP contribution in [0.25, 0.3) is 0 Å². The SMILES string of the molecule is CCOC(=O)C(C)CC(CC)C(=O)OCCC(O)S(=O)(=S)OO. The van der Waals surface area contributed by atoms with Crippen molar-refractivity contribution >= 4 is 31.9 Å². The minimum Gasteiger partial charge on any atom is -0.466 e. The summed E-state index contributed by atoms with van der Waals surface area (Å²) in [6.07, 6.45) is 0.523. The molecule has 0 fully saturated rings. The van der Waals surface area contributed by atoms with Crippen molar-refractivity contribution < 1.29 is 38.0 Å². The summed E-state index contributed by atoms with van der Waals surface area (Å²) < 4.78 is 24.7. The van der Waals surface area contributed by atoms with Crippen LogP contribution in [0.1, 0.15) is 40.0 Å². The quantitative estimate of drug-likeness (QED) is 0.311. The van der Waals surface area contributed by atoms with Crippen molar-refractivity contribution in [3.63, 3.8) is 0 Å². The van der Waals surface area contributed by atoms with Crippen LogP contribution in [0.5, 0.6) is 0 Å². The van der Waals surface area contributed by atoms with Crippen LogP contribution in [0, 0.1) is 11.8 Å². The first-order valence-electron chi connectivity index (χ1n) is 7.27. The van der Waals surface area contributed by atoms with Gasteiger partial charge in [0, 0.05) is 17.6 Å². The molecule has 0 saturated carbocycles. The van der Waals surface area contributed by atoms with Crippen molar-refractivity contribution in [1.29, 1.82) is 0 Å². The Morgan fingerprint density at radius 1 is 1.22 bits per heavy atom. The standard InChI is InChI=1S/C13H24O8S2/c1-4-10(8-9(3)12(15)19-5-2)13(16)20-7-6-11(14)23(18,22)21-17/h9-11,14,17H,4-8H2,1-3H3. The van der Waals surface area contributed by atoms with Gasteiger partial charge in [-0.25, -0.2) is 9.47 Å². The van der Waals surface area contributed by atoms with Gasteiger partial charge in [-0.1, -0.05) is 13.8 Å². The van der Waals surface area contributed by atoms with E-state index >= 15 is 0 Å². The molecule has 8 nitrogen and oxygen atoms in total. The maximum absolute atomic E-state index is 12.0. The molecule has 0 bridgehead atoms. The van der Waals surface area contributed by atoms with Gasteiger partial charge >= 0.3 is 11.9 Å². The smallest absolute Gasteiger partial charge is 0.308 e. The van der Waals surface area contributed by atoms with Crippen LogP contribution in [0.2, 0.25) is 0 Å². The zero-order valence-electron chi connectivity index (χ0n) is 13.4. The molecule has 0 aromatic rings. The van der Waals surface area contributed by atoms with E-state index in [-0.39, 0.29) is 32.0 Å². The van der Waals surface area contributed by atoms with Gasteiger partial charge in [-0.3, -0.25) is 9.59 Å². The van der Waals surface area contributed by atoms with Crippen molar-refractivity contribution in [1.82, 2.24) is 0 Å². The molecule has 0 radical (unpaired) electrons. The van der Waals surface area contributed by atoms with E-state index in [0.29, 0.717) is 6.42 Å². The number of esters is 2. The molecule has 0 rings (SSSR count). The molecule has 23 heavy (non-hydrogen) atoms. The van der Waals surface area contributed by atoms with Gasteiger partial charge in [-0.05, 0) is 19.8 Å². The highest BCUT2D eigenvalue weighted by Crippen LogP contribution is 2.19. The number of aliphatic hydroxyl groups is 1. The van der Waals surface area contributed by atoms with Crippen molar-refractivity contribution in [3.8, 4) is 0 Å². The summed E-state index contributed by atoms with van der Waals surface area (Å²) in [5.74, 6) is -1.84. The van der Waals surface area contributed by atoms with Crippen molar-refractivity contribution in [2.45, 2.75) is 45.5 Å². The van der Waals surface area contributed by atoms with Crippen molar-refractivity contribution in [3.05, 3.63) is 0 Å².